The van der Waals surface area contributed by atoms with Gasteiger partial charge >= 0.3 is 29.6 Å². The molecule has 0 spiro atoms. The van der Waals surface area contributed by atoms with E-state index in [1.54, 1.807) is 0 Å². The van der Waals surface area contributed by atoms with E-state index < -0.39 is 67.9 Å². The molecule has 0 atom stereocenters. The molecular formula is C17H14N3NaO11S3. The zero-order valence-corrected chi connectivity index (χ0v) is 22.2. The molecule has 3 aromatic rings. The van der Waals surface area contributed by atoms with E-state index in [9.17, 15) is 44.0 Å². The summed E-state index contributed by atoms with van der Waals surface area (Å²) in [5, 5.41) is 17.5. The molecule has 0 amide bonds. The molecule has 0 aliphatic heterocycles. The molecule has 3 aromatic carbocycles. The second kappa shape index (κ2) is 9.96. The van der Waals surface area contributed by atoms with Gasteiger partial charge < -0.3 is 20.1 Å². The van der Waals surface area contributed by atoms with Crippen LogP contribution in [0.3, 0.4) is 0 Å². The average molecular weight is 556 g/mol. The predicted octanol–water partition coefficient (Wildman–Crippen LogP) is -1.05. The van der Waals surface area contributed by atoms with E-state index in [1.165, 1.54) is 18.2 Å². The van der Waals surface area contributed by atoms with Gasteiger partial charge in [-0.3, -0.25) is 9.11 Å². The number of hydrogen-bond donors (Lipinski definition) is 4. The fraction of sp³-hybridized carbons (Fsp3) is 0.0588. The quantitative estimate of drug-likeness (QED) is 0.123. The molecule has 5 N–H and O–H groups in total. The molecule has 0 aromatic heterocycles. The van der Waals surface area contributed by atoms with Crippen molar-refractivity contribution in [2.45, 2.75) is 14.7 Å². The number of benzene rings is 3. The molecule has 0 fully saturated rings. The smallest absolute Gasteiger partial charge is 0.744 e. The zero-order chi connectivity index (χ0) is 25.6. The minimum atomic E-state index is -5.33. The Balaban J connectivity index is 0.00000432. The first kappa shape index (κ1) is 28.9. The van der Waals surface area contributed by atoms with Gasteiger partial charge in [-0.05, 0) is 35.7 Å². The second-order valence-electron chi connectivity index (χ2n) is 6.63. The maximum Gasteiger partial charge on any atom is 1.00 e. The largest absolute Gasteiger partial charge is 1.00 e. The van der Waals surface area contributed by atoms with Crippen molar-refractivity contribution in [1.82, 2.24) is 0 Å². The minimum Gasteiger partial charge on any atom is -0.744 e. The molecule has 18 heteroatoms. The van der Waals surface area contributed by atoms with Crippen LogP contribution in [0.25, 0.3) is 10.8 Å². The van der Waals surface area contributed by atoms with E-state index in [0.717, 1.165) is 13.2 Å². The van der Waals surface area contributed by atoms with Gasteiger partial charge in [-0.25, -0.2) is 8.42 Å². The molecule has 3 rings (SSSR count). The first-order valence-electron chi connectivity index (χ1n) is 8.64. The summed E-state index contributed by atoms with van der Waals surface area (Å²) in [6.07, 6.45) is 0. The SMILES string of the molecule is COc1cc(S(=O)(=O)[O-])c(N=Nc2c(S(=O)(=O)O)cc3cc(N)ccc3c2O)cc1S(=O)(=O)O.[Na+]. The number of methoxy groups -OCH3 is 1. The van der Waals surface area contributed by atoms with Gasteiger partial charge in [0.2, 0.25) is 0 Å². The molecule has 0 aliphatic carbocycles. The van der Waals surface area contributed by atoms with Gasteiger partial charge in [0.15, 0.2) is 5.75 Å². The fourth-order valence-electron chi connectivity index (χ4n) is 2.94. The number of nitrogens with two attached hydrogens (primary N) is 1. The molecule has 0 saturated heterocycles. The Hall–Kier alpha value is -2.35. The van der Waals surface area contributed by atoms with Crippen molar-refractivity contribution in [2.75, 3.05) is 12.8 Å². The first-order valence-corrected chi connectivity index (χ1v) is 12.9. The van der Waals surface area contributed by atoms with Gasteiger partial charge in [-0.2, -0.15) is 16.8 Å². The van der Waals surface area contributed by atoms with Crippen LogP contribution in [-0.2, 0) is 30.4 Å². The Morgan fingerprint density at radius 1 is 0.886 bits per heavy atom. The van der Waals surface area contributed by atoms with Crippen LogP contribution in [-0.4, -0.2) is 51.1 Å². The summed E-state index contributed by atoms with van der Waals surface area (Å²) in [5.74, 6) is -1.52. The Bertz CT molecular complexity index is 1690. The molecule has 0 heterocycles. The van der Waals surface area contributed by atoms with Crippen molar-refractivity contribution in [3.63, 3.8) is 0 Å². The van der Waals surface area contributed by atoms with Crippen LogP contribution in [0.15, 0.2) is 61.3 Å². The number of rotatable bonds is 6. The van der Waals surface area contributed by atoms with Crippen LogP contribution in [0.4, 0.5) is 17.1 Å². The van der Waals surface area contributed by atoms with Crippen LogP contribution in [0.5, 0.6) is 11.5 Å². The Kier molecular flexibility index (Phi) is 8.22. The van der Waals surface area contributed by atoms with Gasteiger partial charge in [0.05, 0.1) is 12.0 Å². The summed E-state index contributed by atoms with van der Waals surface area (Å²) in [4.78, 5) is -3.08. The maximum atomic E-state index is 11.9. The molecule has 182 valence electrons. The number of hydrogen-bond acceptors (Lipinski definition) is 12. The molecule has 0 aliphatic rings. The number of aromatic hydroxyl groups is 1. The van der Waals surface area contributed by atoms with E-state index in [0.29, 0.717) is 12.1 Å². The molecule has 0 saturated carbocycles. The van der Waals surface area contributed by atoms with Crippen molar-refractivity contribution in [3.05, 3.63) is 36.4 Å². The second-order valence-corrected chi connectivity index (χ2v) is 10.8. The maximum absolute atomic E-state index is 11.9. The average Bonchev–Trinajstić information content (AvgIpc) is 2.70. The van der Waals surface area contributed by atoms with Gasteiger partial charge in [0, 0.05) is 17.1 Å². The molecule has 0 radical (unpaired) electrons. The summed E-state index contributed by atoms with van der Waals surface area (Å²) >= 11 is 0. The summed E-state index contributed by atoms with van der Waals surface area (Å²) in [6, 6.07) is 5.75. The number of nitrogens with zero attached hydrogens (tertiary/aromatic N) is 2. The number of anilines is 1. The van der Waals surface area contributed by atoms with Crippen LogP contribution in [0.1, 0.15) is 0 Å². The van der Waals surface area contributed by atoms with Crippen molar-refractivity contribution in [2.24, 2.45) is 10.2 Å². The van der Waals surface area contributed by atoms with Crippen molar-refractivity contribution >= 4 is 58.2 Å². The number of nitrogen functional groups attached to an aromatic ring is 1. The van der Waals surface area contributed by atoms with Gasteiger partial charge in [0.25, 0.3) is 20.2 Å². The van der Waals surface area contributed by atoms with Gasteiger partial charge in [0.1, 0.15) is 37.0 Å². The van der Waals surface area contributed by atoms with E-state index >= 15 is 0 Å². The normalized spacial score (nSPS) is 12.6. The van der Waals surface area contributed by atoms with Crippen molar-refractivity contribution in [3.8, 4) is 11.5 Å². The van der Waals surface area contributed by atoms with Gasteiger partial charge in [-0.1, -0.05) is 0 Å². The Morgan fingerprint density at radius 3 is 2.00 bits per heavy atom. The first-order chi connectivity index (χ1) is 15.5. The number of azo groups is 1. The van der Waals surface area contributed by atoms with Crippen LogP contribution in [0, 0.1) is 0 Å². The minimum absolute atomic E-state index is 0. The van der Waals surface area contributed by atoms with Gasteiger partial charge in [-0.15, -0.1) is 10.2 Å². The van der Waals surface area contributed by atoms with Crippen LogP contribution >= 0.6 is 0 Å². The van der Waals surface area contributed by atoms with Crippen LogP contribution in [0.2, 0.25) is 0 Å². The number of phenolic OH excluding ortho intramolecular Hbond substituents is 1. The molecule has 35 heavy (non-hydrogen) atoms. The molecule has 0 bridgehead atoms. The third-order valence-corrected chi connectivity index (χ3v) is 7.01. The molecule has 14 nitrogen and oxygen atoms in total. The topological polar surface area (TPSA) is 246 Å². The van der Waals surface area contributed by atoms with Crippen molar-refractivity contribution in [1.29, 1.82) is 0 Å². The molecular weight excluding hydrogens is 541 g/mol. The Labute approximate surface area is 221 Å². The third kappa shape index (κ3) is 6.08. The van der Waals surface area contributed by atoms with E-state index in [2.05, 4.69) is 15.0 Å². The number of ether oxygens (including phenoxy) is 1. The third-order valence-electron chi connectivity index (χ3n) is 4.40. The van der Waals surface area contributed by atoms with E-state index in [-0.39, 0.29) is 46.0 Å². The number of fused-ring (bicyclic) bond motifs is 1. The summed E-state index contributed by atoms with van der Waals surface area (Å²) in [5.41, 5.74) is 4.03. The van der Waals surface area contributed by atoms with E-state index in [1.807, 2.05) is 0 Å². The summed E-state index contributed by atoms with van der Waals surface area (Å²) < 4.78 is 106. The monoisotopic (exact) mass is 555 g/mol. The van der Waals surface area contributed by atoms with E-state index in [4.69, 9.17) is 5.73 Å². The Morgan fingerprint density at radius 2 is 1.49 bits per heavy atom. The number of phenols is 1. The predicted molar refractivity (Wildman–Crippen MR) is 115 cm³/mol. The standard InChI is InChI=1S/C17H15N3O11S3.Na/c1-31-12-7-13(32(22,23)24)11(6-14(12)33(25,26)27)19-20-16-15(34(28,29)30)5-8-4-9(18)2-3-10(8)17(16)21;/h2-7,21H,18H2,1H3,(H,22,23,24)(H,25,26,27)(H,28,29,30);/q;+1/p-1. The van der Waals surface area contributed by atoms with Crippen LogP contribution < -0.4 is 40.0 Å². The summed E-state index contributed by atoms with van der Waals surface area (Å²) in [7, 11) is -14.4. The summed E-state index contributed by atoms with van der Waals surface area (Å²) in [6.45, 7) is 0. The van der Waals surface area contributed by atoms with Crippen molar-refractivity contribution < 1.29 is 78.3 Å². The molecule has 0 unspecified atom stereocenters. The fourth-order valence-corrected chi connectivity index (χ4v) is 4.86. The zero-order valence-electron chi connectivity index (χ0n) is 17.8.